The van der Waals surface area contributed by atoms with Gasteiger partial charge in [-0.25, -0.2) is 0 Å². The molecule has 3 saturated heterocycles. The van der Waals surface area contributed by atoms with Crippen LogP contribution in [0.1, 0.15) is 24.8 Å². The molecule has 1 aliphatic carbocycles. The molecule has 0 radical (unpaired) electrons. The van der Waals surface area contributed by atoms with Crippen molar-refractivity contribution in [3.05, 3.63) is 35.4 Å². The summed E-state index contributed by atoms with van der Waals surface area (Å²) in [5.41, 5.74) is 11.1. The van der Waals surface area contributed by atoms with Crippen molar-refractivity contribution in [3.8, 4) is 0 Å². The maximum atomic E-state index is 13.2. The summed E-state index contributed by atoms with van der Waals surface area (Å²) >= 11 is 0. The van der Waals surface area contributed by atoms with Crippen LogP contribution in [-0.4, -0.2) is 48.7 Å². The van der Waals surface area contributed by atoms with Crippen LogP contribution < -0.4 is 10.6 Å². The van der Waals surface area contributed by atoms with Gasteiger partial charge in [-0.15, -0.1) is 0 Å². The fraction of sp³-hybridized carbons (Fsp3) is 0.571. The number of nitrogens with zero attached hydrogens (tertiary/aromatic N) is 2. The second-order valence-corrected chi connectivity index (χ2v) is 9.04. The van der Waals surface area contributed by atoms with E-state index in [9.17, 15) is 4.79 Å². The number of hydrogen-bond acceptors (Lipinski definition) is 4. The van der Waals surface area contributed by atoms with Gasteiger partial charge in [0.15, 0.2) is 0 Å². The highest BCUT2D eigenvalue weighted by molar-refractivity contribution is 5.99. The van der Waals surface area contributed by atoms with Crippen LogP contribution in [-0.2, 0) is 14.9 Å². The highest BCUT2D eigenvalue weighted by Gasteiger charge is 2.70. The van der Waals surface area contributed by atoms with Gasteiger partial charge in [0.2, 0.25) is 5.91 Å². The Hall–Kier alpha value is -1.85. The molecule has 26 heavy (non-hydrogen) atoms. The molecule has 4 fully saturated rings. The van der Waals surface area contributed by atoms with Crippen LogP contribution in [0, 0.1) is 11.8 Å². The summed E-state index contributed by atoms with van der Waals surface area (Å²) < 4.78 is 6.25. The summed E-state index contributed by atoms with van der Waals surface area (Å²) in [6, 6.07) is 6.99. The van der Waals surface area contributed by atoms with E-state index in [1.807, 2.05) is 6.07 Å². The van der Waals surface area contributed by atoms with Crippen molar-refractivity contribution in [1.82, 2.24) is 4.90 Å². The van der Waals surface area contributed by atoms with Crippen LogP contribution in [0.2, 0.25) is 0 Å². The number of nitrogen functional groups attached to an aromatic ring is 1. The number of nitrogens with two attached hydrogens (primary N) is 1. The van der Waals surface area contributed by atoms with Crippen LogP contribution in [0.4, 0.5) is 11.4 Å². The van der Waals surface area contributed by atoms with Gasteiger partial charge in [0.1, 0.15) is 0 Å². The van der Waals surface area contributed by atoms with Gasteiger partial charge in [-0.3, -0.25) is 9.69 Å². The Kier molecular flexibility index (Phi) is 2.38. The van der Waals surface area contributed by atoms with E-state index in [0.717, 1.165) is 30.9 Å². The van der Waals surface area contributed by atoms with Crippen molar-refractivity contribution in [2.45, 2.75) is 42.9 Å². The van der Waals surface area contributed by atoms with Crippen LogP contribution in [0.3, 0.4) is 0 Å². The zero-order chi connectivity index (χ0) is 17.2. The maximum absolute atomic E-state index is 13.2. The molecule has 5 aliphatic heterocycles. The number of hydrogen-bond donors (Lipinski definition) is 1. The quantitative estimate of drug-likeness (QED) is 0.572. The molecule has 134 valence electrons. The van der Waals surface area contributed by atoms with Gasteiger partial charge in [0.25, 0.3) is 0 Å². The van der Waals surface area contributed by atoms with Crippen molar-refractivity contribution in [3.63, 3.8) is 0 Å². The minimum atomic E-state index is 0.0411. The van der Waals surface area contributed by atoms with E-state index in [4.69, 9.17) is 10.5 Å². The number of anilines is 2. The molecular weight excluding hydrogens is 326 g/mol. The summed E-state index contributed by atoms with van der Waals surface area (Å²) in [5.74, 6) is 1.23. The fourth-order valence-electron chi connectivity index (χ4n) is 7.57. The number of amides is 1. The lowest BCUT2D eigenvalue weighted by Crippen LogP contribution is -2.69. The second kappa shape index (κ2) is 4.34. The number of carbonyl (C=O) groups excluding carboxylic acids is 1. The first-order valence-corrected chi connectivity index (χ1v) is 9.95. The van der Waals surface area contributed by atoms with Gasteiger partial charge >= 0.3 is 0 Å². The largest absolute Gasteiger partial charge is 0.399 e. The van der Waals surface area contributed by atoms with Crippen LogP contribution in [0.5, 0.6) is 0 Å². The van der Waals surface area contributed by atoms with Crippen LogP contribution in [0.25, 0.3) is 0 Å². The lowest BCUT2D eigenvalue weighted by molar-refractivity contribution is -0.132. The molecule has 5 nitrogen and oxygen atoms in total. The molecule has 1 aromatic rings. The topological polar surface area (TPSA) is 58.8 Å². The van der Waals surface area contributed by atoms with Crippen molar-refractivity contribution < 1.29 is 9.53 Å². The summed E-state index contributed by atoms with van der Waals surface area (Å²) in [4.78, 5) is 18.1. The molecule has 5 heteroatoms. The Balaban J connectivity index is 1.55. The first-order chi connectivity index (χ1) is 12.7. The first-order valence-electron chi connectivity index (χ1n) is 9.95. The normalized spacial score (nSPS) is 44.6. The third-order valence-electron chi connectivity index (χ3n) is 8.33. The Bertz CT molecular complexity index is 895. The molecular formula is C21H23N3O2. The average molecular weight is 349 g/mol. The van der Waals surface area contributed by atoms with Crippen LogP contribution >= 0.6 is 0 Å². The van der Waals surface area contributed by atoms with Crippen molar-refractivity contribution >= 4 is 17.3 Å². The third-order valence-corrected chi connectivity index (χ3v) is 8.33. The molecule has 2 bridgehead atoms. The number of benzene rings is 1. The van der Waals surface area contributed by atoms with Crippen LogP contribution in [0.15, 0.2) is 29.8 Å². The second-order valence-electron chi connectivity index (χ2n) is 9.04. The van der Waals surface area contributed by atoms with E-state index < -0.39 is 0 Å². The number of rotatable bonds is 0. The number of piperidine rings is 2. The highest BCUT2D eigenvalue weighted by Crippen LogP contribution is 2.65. The van der Waals surface area contributed by atoms with E-state index in [2.05, 4.69) is 28.0 Å². The molecule has 7 rings (SSSR count). The summed E-state index contributed by atoms with van der Waals surface area (Å²) in [6.07, 6.45) is 5.25. The zero-order valence-corrected chi connectivity index (χ0v) is 14.7. The van der Waals surface area contributed by atoms with Crippen molar-refractivity contribution in [2.24, 2.45) is 11.8 Å². The van der Waals surface area contributed by atoms with Gasteiger partial charge in [-0.05, 0) is 49.1 Å². The molecule has 1 aromatic carbocycles. The SMILES string of the molecule is Nc1ccc2c(c1)[C@@]13CCN4CC5=CCO[C@H]6CC(=O)N2[C@H]1[C@H]6[C@H]5C[C@@H]43. The van der Waals surface area contributed by atoms with Gasteiger partial charge in [-0.2, -0.15) is 0 Å². The smallest absolute Gasteiger partial charge is 0.229 e. The van der Waals surface area contributed by atoms with E-state index in [0.29, 0.717) is 30.9 Å². The van der Waals surface area contributed by atoms with E-state index in [-0.39, 0.29) is 23.5 Å². The van der Waals surface area contributed by atoms with Crippen molar-refractivity contribution in [1.29, 1.82) is 0 Å². The summed E-state index contributed by atoms with van der Waals surface area (Å²) in [6.45, 7) is 2.88. The van der Waals surface area contributed by atoms with E-state index in [1.165, 1.54) is 12.0 Å². The Labute approximate surface area is 152 Å². The first kappa shape index (κ1) is 14.2. The molecule has 1 amide bonds. The molecule has 0 unspecified atom stereocenters. The predicted octanol–water partition coefficient (Wildman–Crippen LogP) is 1.67. The van der Waals surface area contributed by atoms with E-state index >= 15 is 0 Å². The Morgan fingerprint density at radius 2 is 2.23 bits per heavy atom. The van der Waals surface area contributed by atoms with E-state index in [1.54, 1.807) is 5.57 Å². The van der Waals surface area contributed by atoms with Crippen molar-refractivity contribution in [2.75, 3.05) is 30.3 Å². The van der Waals surface area contributed by atoms with Gasteiger partial charge in [0.05, 0.1) is 25.2 Å². The highest BCUT2D eigenvalue weighted by atomic mass is 16.5. The van der Waals surface area contributed by atoms with Gasteiger partial charge in [0, 0.05) is 35.3 Å². The molecule has 1 spiro atoms. The zero-order valence-electron chi connectivity index (χ0n) is 14.7. The van der Waals surface area contributed by atoms with Gasteiger partial charge in [-0.1, -0.05) is 11.6 Å². The van der Waals surface area contributed by atoms with Gasteiger partial charge < -0.3 is 15.4 Å². The molecule has 1 saturated carbocycles. The standard InChI is InChI=1S/C21H23N3O2/c22-12-1-2-15-14(7-12)21-4-5-23-10-11-3-6-26-16-9-18(25)24(15)20(21)19(16)13(11)8-17(21)23/h1-3,7,13,16-17,19-20H,4-6,8-10,22H2/t13-,16-,17+,19-,20-,21+/m0/s1. The minimum absolute atomic E-state index is 0.0411. The lowest BCUT2D eigenvalue weighted by Gasteiger charge is -2.58. The third kappa shape index (κ3) is 1.37. The molecule has 6 atom stereocenters. The fourth-order valence-corrected chi connectivity index (χ4v) is 7.57. The number of fused-ring (bicyclic) bond motifs is 2. The minimum Gasteiger partial charge on any atom is -0.399 e. The lowest BCUT2D eigenvalue weighted by atomic mass is 9.53. The monoisotopic (exact) mass is 349 g/mol. The average Bonchev–Trinajstić information content (AvgIpc) is 3.09. The summed E-state index contributed by atoms with van der Waals surface area (Å²) in [7, 11) is 0. The Morgan fingerprint density at radius 3 is 3.15 bits per heavy atom. The summed E-state index contributed by atoms with van der Waals surface area (Å²) in [5, 5.41) is 0. The number of ether oxygens (including phenoxy) is 1. The number of carbonyl (C=O) groups is 1. The molecule has 5 heterocycles. The predicted molar refractivity (Wildman–Crippen MR) is 97.8 cm³/mol. The molecule has 0 aromatic heterocycles. The Morgan fingerprint density at radius 1 is 1.31 bits per heavy atom. The molecule has 2 N–H and O–H groups in total. The maximum Gasteiger partial charge on any atom is 0.229 e. The molecule has 6 aliphatic rings.